The summed E-state index contributed by atoms with van der Waals surface area (Å²) >= 11 is 0. The maximum atomic E-state index is 2.37. The van der Waals surface area contributed by atoms with Crippen LogP contribution in [0.2, 0.25) is 0 Å². The average Bonchev–Trinajstić information content (AvgIpc) is 2.52. The molecule has 0 heteroatoms. The number of aryl methyl sites for hydroxylation is 3. The standard InChI is InChI=1S/C22H20/c1-13-9-10-18-17-7-5-6-8-19(17)22-16(4)15(3)14(2)12-21(22)20(18)11-13/h5-12H,1-4H3. The summed E-state index contributed by atoms with van der Waals surface area (Å²) in [5.74, 6) is 0. The summed E-state index contributed by atoms with van der Waals surface area (Å²) in [6.07, 6.45) is 0. The van der Waals surface area contributed by atoms with Crippen molar-refractivity contribution in [2.75, 3.05) is 0 Å². The quantitative estimate of drug-likeness (QED) is 0.329. The van der Waals surface area contributed by atoms with Gasteiger partial charge in [-0.05, 0) is 76.7 Å². The van der Waals surface area contributed by atoms with Crippen molar-refractivity contribution in [2.24, 2.45) is 0 Å². The van der Waals surface area contributed by atoms with Gasteiger partial charge in [0.2, 0.25) is 0 Å². The second kappa shape index (κ2) is 4.58. The minimum absolute atomic E-state index is 1.32. The minimum atomic E-state index is 1.32. The van der Waals surface area contributed by atoms with Crippen LogP contribution in [0.5, 0.6) is 0 Å². The Kier molecular flexibility index (Phi) is 2.77. The molecular weight excluding hydrogens is 264 g/mol. The number of hydrogen-bond donors (Lipinski definition) is 0. The maximum Gasteiger partial charge on any atom is -0.00668 e. The smallest absolute Gasteiger partial charge is 0.00668 e. The highest BCUT2D eigenvalue weighted by molar-refractivity contribution is 6.26. The lowest BCUT2D eigenvalue weighted by Gasteiger charge is -2.16. The molecule has 22 heavy (non-hydrogen) atoms. The molecule has 4 rings (SSSR count). The zero-order valence-electron chi connectivity index (χ0n) is 13.6. The van der Waals surface area contributed by atoms with Crippen molar-refractivity contribution >= 4 is 32.3 Å². The number of hydrogen-bond acceptors (Lipinski definition) is 0. The Bertz CT molecular complexity index is 1050. The van der Waals surface area contributed by atoms with Crippen molar-refractivity contribution in [3.05, 3.63) is 70.8 Å². The lowest BCUT2D eigenvalue weighted by Crippen LogP contribution is -1.92. The summed E-state index contributed by atoms with van der Waals surface area (Å²) < 4.78 is 0. The highest BCUT2D eigenvalue weighted by atomic mass is 14.2. The molecule has 0 atom stereocenters. The molecule has 0 N–H and O–H groups in total. The van der Waals surface area contributed by atoms with Gasteiger partial charge in [-0.25, -0.2) is 0 Å². The Hall–Kier alpha value is -2.34. The van der Waals surface area contributed by atoms with Crippen molar-refractivity contribution in [3.8, 4) is 0 Å². The maximum absolute atomic E-state index is 2.37. The van der Waals surface area contributed by atoms with Crippen LogP contribution >= 0.6 is 0 Å². The number of rotatable bonds is 0. The molecule has 0 aromatic heterocycles. The Morgan fingerprint density at radius 2 is 1.23 bits per heavy atom. The molecule has 0 spiro atoms. The van der Waals surface area contributed by atoms with Gasteiger partial charge in [-0.2, -0.15) is 0 Å². The van der Waals surface area contributed by atoms with E-state index in [0.29, 0.717) is 0 Å². The largest absolute Gasteiger partial charge is 0.0616 e. The zero-order valence-corrected chi connectivity index (χ0v) is 13.6. The van der Waals surface area contributed by atoms with E-state index in [2.05, 4.69) is 76.2 Å². The molecule has 108 valence electrons. The van der Waals surface area contributed by atoms with E-state index in [9.17, 15) is 0 Å². The van der Waals surface area contributed by atoms with E-state index in [0.717, 1.165) is 0 Å². The third-order valence-corrected chi connectivity index (χ3v) is 5.11. The molecule has 0 radical (unpaired) electrons. The van der Waals surface area contributed by atoms with Crippen molar-refractivity contribution in [3.63, 3.8) is 0 Å². The van der Waals surface area contributed by atoms with E-state index < -0.39 is 0 Å². The normalized spacial score (nSPS) is 11.6. The molecule has 4 aromatic rings. The molecule has 0 saturated carbocycles. The second-order valence-electron chi connectivity index (χ2n) is 6.46. The van der Waals surface area contributed by atoms with Gasteiger partial charge in [0, 0.05) is 0 Å². The third kappa shape index (κ3) is 1.70. The predicted octanol–water partition coefficient (Wildman–Crippen LogP) is 6.38. The van der Waals surface area contributed by atoms with Crippen LogP contribution < -0.4 is 0 Å². The summed E-state index contributed by atoms with van der Waals surface area (Å²) in [6, 6.07) is 18.0. The molecule has 4 aromatic carbocycles. The van der Waals surface area contributed by atoms with Gasteiger partial charge in [0.15, 0.2) is 0 Å². The van der Waals surface area contributed by atoms with E-state index in [1.54, 1.807) is 0 Å². The van der Waals surface area contributed by atoms with Crippen molar-refractivity contribution in [2.45, 2.75) is 27.7 Å². The fourth-order valence-electron chi connectivity index (χ4n) is 3.69. The van der Waals surface area contributed by atoms with Crippen molar-refractivity contribution in [1.29, 1.82) is 0 Å². The van der Waals surface area contributed by atoms with E-state index in [1.807, 2.05) is 0 Å². The molecule has 0 heterocycles. The molecule has 0 unspecified atom stereocenters. The average molecular weight is 284 g/mol. The number of fused-ring (bicyclic) bond motifs is 6. The summed E-state index contributed by atoms with van der Waals surface area (Å²) in [6.45, 7) is 8.89. The van der Waals surface area contributed by atoms with Crippen LogP contribution in [0.25, 0.3) is 32.3 Å². The fourth-order valence-corrected chi connectivity index (χ4v) is 3.69. The first-order chi connectivity index (χ1) is 10.6. The van der Waals surface area contributed by atoms with Gasteiger partial charge >= 0.3 is 0 Å². The number of benzene rings is 4. The summed E-state index contributed by atoms with van der Waals surface area (Å²) in [5.41, 5.74) is 5.52. The Balaban J connectivity index is 2.44. The molecule has 0 amide bonds. The molecular formula is C22H20. The monoisotopic (exact) mass is 284 g/mol. The predicted molar refractivity (Wildman–Crippen MR) is 97.9 cm³/mol. The lowest BCUT2D eigenvalue weighted by molar-refractivity contribution is 1.30. The Morgan fingerprint density at radius 1 is 0.545 bits per heavy atom. The molecule has 0 aliphatic heterocycles. The van der Waals surface area contributed by atoms with Gasteiger partial charge < -0.3 is 0 Å². The first kappa shape index (κ1) is 13.3. The van der Waals surface area contributed by atoms with E-state index in [4.69, 9.17) is 0 Å². The van der Waals surface area contributed by atoms with Crippen LogP contribution in [-0.4, -0.2) is 0 Å². The first-order valence-corrected chi connectivity index (χ1v) is 7.89. The van der Waals surface area contributed by atoms with Crippen LogP contribution in [0.4, 0.5) is 0 Å². The van der Waals surface area contributed by atoms with E-state index in [-0.39, 0.29) is 0 Å². The third-order valence-electron chi connectivity index (χ3n) is 5.11. The lowest BCUT2D eigenvalue weighted by atomic mass is 9.88. The van der Waals surface area contributed by atoms with Crippen LogP contribution in [0.1, 0.15) is 22.3 Å². The Morgan fingerprint density at radius 3 is 2.00 bits per heavy atom. The molecule has 0 aliphatic carbocycles. The summed E-state index contributed by atoms with van der Waals surface area (Å²) in [4.78, 5) is 0. The van der Waals surface area contributed by atoms with Gasteiger partial charge in [-0.1, -0.05) is 54.1 Å². The summed E-state index contributed by atoms with van der Waals surface area (Å²) in [7, 11) is 0. The minimum Gasteiger partial charge on any atom is -0.0616 e. The van der Waals surface area contributed by atoms with Crippen LogP contribution in [-0.2, 0) is 0 Å². The van der Waals surface area contributed by atoms with Crippen LogP contribution in [0.15, 0.2) is 48.5 Å². The van der Waals surface area contributed by atoms with Gasteiger partial charge in [-0.15, -0.1) is 0 Å². The molecule has 0 saturated heterocycles. The SMILES string of the molecule is Cc1ccc2c3ccccc3c3c(C)c(C)c(C)cc3c2c1. The highest BCUT2D eigenvalue weighted by Crippen LogP contribution is 2.38. The molecule has 0 aliphatic rings. The van der Waals surface area contributed by atoms with E-state index in [1.165, 1.54) is 54.6 Å². The van der Waals surface area contributed by atoms with Gasteiger partial charge in [0.25, 0.3) is 0 Å². The molecule has 0 fully saturated rings. The molecule has 0 bridgehead atoms. The summed E-state index contributed by atoms with van der Waals surface area (Å²) in [5, 5.41) is 8.26. The van der Waals surface area contributed by atoms with Gasteiger partial charge in [0.1, 0.15) is 0 Å². The fraction of sp³-hybridized carbons (Fsp3) is 0.182. The van der Waals surface area contributed by atoms with Gasteiger partial charge in [0.05, 0.1) is 0 Å². The van der Waals surface area contributed by atoms with Crippen LogP contribution in [0, 0.1) is 27.7 Å². The molecule has 0 nitrogen and oxygen atoms in total. The van der Waals surface area contributed by atoms with Crippen molar-refractivity contribution in [1.82, 2.24) is 0 Å². The second-order valence-corrected chi connectivity index (χ2v) is 6.46. The van der Waals surface area contributed by atoms with Crippen LogP contribution in [0.3, 0.4) is 0 Å². The Labute approximate surface area is 131 Å². The topological polar surface area (TPSA) is 0 Å². The zero-order chi connectivity index (χ0) is 15.4. The van der Waals surface area contributed by atoms with Gasteiger partial charge in [-0.3, -0.25) is 0 Å². The first-order valence-electron chi connectivity index (χ1n) is 7.89. The van der Waals surface area contributed by atoms with E-state index >= 15 is 0 Å². The van der Waals surface area contributed by atoms with Crippen molar-refractivity contribution < 1.29 is 0 Å². The highest BCUT2D eigenvalue weighted by Gasteiger charge is 2.12.